The van der Waals surface area contributed by atoms with E-state index in [1.54, 1.807) is 11.8 Å². The van der Waals surface area contributed by atoms with Gasteiger partial charge in [0.05, 0.1) is 18.3 Å². The highest BCUT2D eigenvalue weighted by molar-refractivity contribution is 8.00. The van der Waals surface area contributed by atoms with Crippen LogP contribution in [-0.2, 0) is 14.3 Å². The zero-order chi connectivity index (χ0) is 12.3. The lowest BCUT2D eigenvalue weighted by Crippen LogP contribution is -2.45. The molecule has 0 aliphatic carbocycles. The molecule has 2 aliphatic rings. The topological polar surface area (TPSA) is 46.6 Å². The molecule has 0 aromatic heterocycles. The molecule has 0 spiro atoms. The van der Waals surface area contributed by atoms with Crippen molar-refractivity contribution < 1.29 is 14.3 Å². The highest BCUT2D eigenvalue weighted by atomic mass is 32.2. The van der Waals surface area contributed by atoms with Crippen LogP contribution in [0.1, 0.15) is 25.7 Å². The molecule has 2 rings (SSSR count). The first-order valence-corrected chi connectivity index (χ1v) is 7.25. The number of likely N-dealkylation sites (tertiary alicyclic amines) is 1. The molecular formula is C12H19NO3S. The molecule has 0 aromatic rings. The maximum atomic E-state index is 12.2. The van der Waals surface area contributed by atoms with Crippen LogP contribution in [0.3, 0.4) is 0 Å². The largest absolute Gasteiger partial charge is 0.469 e. The number of nitrogens with zero attached hydrogens (tertiary/aromatic N) is 1. The number of esters is 1. The fourth-order valence-corrected chi connectivity index (χ4v) is 3.76. The van der Waals surface area contributed by atoms with Gasteiger partial charge in [0, 0.05) is 13.1 Å². The molecule has 4 nitrogen and oxygen atoms in total. The van der Waals surface area contributed by atoms with Gasteiger partial charge in [0.2, 0.25) is 5.91 Å². The molecule has 2 atom stereocenters. The lowest BCUT2D eigenvalue weighted by atomic mass is 9.98. The van der Waals surface area contributed by atoms with E-state index in [9.17, 15) is 9.59 Å². The van der Waals surface area contributed by atoms with E-state index in [2.05, 4.69) is 0 Å². The van der Waals surface area contributed by atoms with Crippen LogP contribution in [0.25, 0.3) is 0 Å². The van der Waals surface area contributed by atoms with Crippen molar-refractivity contribution in [2.24, 2.45) is 5.92 Å². The van der Waals surface area contributed by atoms with Crippen molar-refractivity contribution in [1.82, 2.24) is 4.90 Å². The minimum Gasteiger partial charge on any atom is -0.469 e. The first kappa shape index (κ1) is 12.7. The number of hydrogen-bond donors (Lipinski definition) is 0. The van der Waals surface area contributed by atoms with Crippen molar-refractivity contribution in [3.8, 4) is 0 Å². The van der Waals surface area contributed by atoms with E-state index in [0.29, 0.717) is 6.54 Å². The van der Waals surface area contributed by atoms with Crippen LogP contribution < -0.4 is 0 Å². The van der Waals surface area contributed by atoms with Crippen LogP contribution in [0, 0.1) is 5.92 Å². The zero-order valence-corrected chi connectivity index (χ0v) is 11.0. The van der Waals surface area contributed by atoms with Gasteiger partial charge in [-0.3, -0.25) is 9.59 Å². The van der Waals surface area contributed by atoms with Gasteiger partial charge in [-0.15, -0.1) is 11.8 Å². The Labute approximate surface area is 106 Å². The van der Waals surface area contributed by atoms with Gasteiger partial charge in [-0.1, -0.05) is 0 Å². The average Bonchev–Trinajstić information content (AvgIpc) is 2.91. The Balaban J connectivity index is 1.92. The Morgan fingerprint density at radius 2 is 2.12 bits per heavy atom. The first-order valence-electron chi connectivity index (χ1n) is 6.20. The van der Waals surface area contributed by atoms with Crippen LogP contribution in [0.15, 0.2) is 0 Å². The second-order valence-electron chi connectivity index (χ2n) is 4.65. The highest BCUT2D eigenvalue weighted by Crippen LogP contribution is 2.29. The van der Waals surface area contributed by atoms with Crippen molar-refractivity contribution in [3.63, 3.8) is 0 Å². The second-order valence-corrected chi connectivity index (χ2v) is 5.96. The SMILES string of the molecule is COC(=O)C1CCCN(C(=O)C2CCCS2)C1. The van der Waals surface area contributed by atoms with Gasteiger partial charge in [-0.2, -0.15) is 0 Å². The van der Waals surface area contributed by atoms with E-state index in [1.807, 2.05) is 4.90 Å². The van der Waals surface area contributed by atoms with Crippen molar-refractivity contribution in [3.05, 3.63) is 0 Å². The van der Waals surface area contributed by atoms with Crippen LogP contribution in [0.2, 0.25) is 0 Å². The van der Waals surface area contributed by atoms with Gasteiger partial charge in [0.1, 0.15) is 0 Å². The molecule has 96 valence electrons. The van der Waals surface area contributed by atoms with Gasteiger partial charge in [-0.05, 0) is 31.4 Å². The summed E-state index contributed by atoms with van der Waals surface area (Å²) in [6.45, 7) is 1.34. The fourth-order valence-electron chi connectivity index (χ4n) is 2.51. The number of rotatable bonds is 2. The Hall–Kier alpha value is -0.710. The van der Waals surface area contributed by atoms with Gasteiger partial charge in [0.25, 0.3) is 0 Å². The fraction of sp³-hybridized carbons (Fsp3) is 0.833. The van der Waals surface area contributed by atoms with Crippen molar-refractivity contribution in [2.75, 3.05) is 26.0 Å². The monoisotopic (exact) mass is 257 g/mol. The number of hydrogen-bond acceptors (Lipinski definition) is 4. The lowest BCUT2D eigenvalue weighted by Gasteiger charge is -2.32. The van der Waals surface area contributed by atoms with Crippen LogP contribution in [-0.4, -0.2) is 48.0 Å². The highest BCUT2D eigenvalue weighted by Gasteiger charge is 2.33. The van der Waals surface area contributed by atoms with E-state index in [-0.39, 0.29) is 23.0 Å². The molecule has 2 aliphatic heterocycles. The van der Waals surface area contributed by atoms with E-state index in [4.69, 9.17) is 4.74 Å². The third-order valence-electron chi connectivity index (χ3n) is 3.47. The Morgan fingerprint density at radius 1 is 1.29 bits per heavy atom. The van der Waals surface area contributed by atoms with Crippen molar-refractivity contribution in [2.45, 2.75) is 30.9 Å². The van der Waals surface area contributed by atoms with Gasteiger partial charge in [-0.25, -0.2) is 0 Å². The summed E-state index contributed by atoms with van der Waals surface area (Å²) in [5.41, 5.74) is 0. The summed E-state index contributed by atoms with van der Waals surface area (Å²) in [4.78, 5) is 25.6. The third kappa shape index (κ3) is 2.94. The number of piperidine rings is 1. The first-order chi connectivity index (χ1) is 8.22. The van der Waals surface area contributed by atoms with Crippen LogP contribution in [0.4, 0.5) is 0 Å². The quantitative estimate of drug-likeness (QED) is 0.699. The molecule has 0 radical (unpaired) electrons. The number of thioether (sulfide) groups is 1. The molecule has 2 fully saturated rings. The predicted octanol–water partition coefficient (Wildman–Crippen LogP) is 1.29. The van der Waals surface area contributed by atoms with Crippen molar-refractivity contribution >= 4 is 23.6 Å². The molecule has 0 aromatic carbocycles. The number of amides is 1. The molecule has 0 saturated carbocycles. The molecule has 5 heteroatoms. The molecule has 0 bridgehead atoms. The Morgan fingerprint density at radius 3 is 2.76 bits per heavy atom. The molecule has 0 N–H and O–H groups in total. The normalized spacial score (nSPS) is 29.1. The minimum absolute atomic E-state index is 0.121. The predicted molar refractivity (Wildman–Crippen MR) is 66.8 cm³/mol. The van der Waals surface area contributed by atoms with E-state index in [1.165, 1.54) is 7.11 Å². The molecule has 2 saturated heterocycles. The molecule has 1 amide bonds. The number of carbonyl (C=O) groups excluding carboxylic acids is 2. The summed E-state index contributed by atoms with van der Waals surface area (Å²) >= 11 is 1.75. The van der Waals surface area contributed by atoms with Crippen LogP contribution >= 0.6 is 11.8 Å². The summed E-state index contributed by atoms with van der Waals surface area (Å²) in [5, 5.41) is 0.131. The average molecular weight is 257 g/mol. The smallest absolute Gasteiger partial charge is 0.310 e. The minimum atomic E-state index is -0.179. The van der Waals surface area contributed by atoms with Gasteiger partial charge >= 0.3 is 5.97 Å². The number of carbonyl (C=O) groups is 2. The number of ether oxygens (including phenoxy) is 1. The van der Waals surface area contributed by atoms with Gasteiger partial charge < -0.3 is 9.64 Å². The third-order valence-corrected chi connectivity index (χ3v) is 4.84. The van der Waals surface area contributed by atoms with Crippen LogP contribution in [0.5, 0.6) is 0 Å². The van der Waals surface area contributed by atoms with E-state index in [0.717, 1.165) is 38.0 Å². The Bertz CT molecular complexity index is 302. The molecule has 17 heavy (non-hydrogen) atoms. The molecule has 2 unspecified atom stereocenters. The maximum absolute atomic E-state index is 12.2. The summed E-state index contributed by atoms with van der Waals surface area (Å²) in [7, 11) is 1.41. The summed E-state index contributed by atoms with van der Waals surface area (Å²) in [6.07, 6.45) is 3.87. The maximum Gasteiger partial charge on any atom is 0.310 e. The standard InChI is InChI=1S/C12H19NO3S/c1-16-12(15)9-4-2-6-13(8-9)11(14)10-5-3-7-17-10/h9-10H,2-8H2,1H3. The summed E-state index contributed by atoms with van der Waals surface area (Å²) in [5.74, 6) is 1.01. The van der Waals surface area contributed by atoms with E-state index < -0.39 is 0 Å². The molecular weight excluding hydrogens is 238 g/mol. The van der Waals surface area contributed by atoms with Gasteiger partial charge in [0.15, 0.2) is 0 Å². The summed E-state index contributed by atoms with van der Waals surface area (Å²) in [6, 6.07) is 0. The Kier molecular flexibility index (Phi) is 4.31. The summed E-state index contributed by atoms with van der Waals surface area (Å²) < 4.78 is 4.76. The second kappa shape index (κ2) is 5.76. The zero-order valence-electron chi connectivity index (χ0n) is 10.2. The van der Waals surface area contributed by atoms with E-state index >= 15 is 0 Å². The number of methoxy groups -OCH3 is 1. The van der Waals surface area contributed by atoms with Crippen molar-refractivity contribution in [1.29, 1.82) is 0 Å². The lowest BCUT2D eigenvalue weighted by molar-refractivity contribution is -0.148. The molecule has 2 heterocycles.